The van der Waals surface area contributed by atoms with Crippen molar-refractivity contribution < 1.29 is 14.7 Å². The molecule has 5 nitrogen and oxygen atoms in total. The molecule has 0 saturated carbocycles. The van der Waals surface area contributed by atoms with Gasteiger partial charge in [-0.2, -0.15) is 0 Å². The molecule has 174 valence electrons. The van der Waals surface area contributed by atoms with E-state index in [2.05, 4.69) is 46.7 Å². The first-order valence-corrected chi connectivity index (χ1v) is 12.1. The number of carbonyl (C=O) groups excluding carboxylic acids is 1. The van der Waals surface area contributed by atoms with E-state index in [1.165, 1.54) is 34.0 Å². The zero-order chi connectivity index (χ0) is 24.2. The van der Waals surface area contributed by atoms with Crippen LogP contribution in [0.1, 0.15) is 41.2 Å². The first-order valence-electron chi connectivity index (χ1n) is 12.1. The summed E-state index contributed by atoms with van der Waals surface area (Å²) in [6.07, 6.45) is 7.05. The average molecular weight is 463 g/mol. The van der Waals surface area contributed by atoms with Crippen LogP contribution in [0.3, 0.4) is 0 Å². The monoisotopic (exact) mass is 462 g/mol. The van der Waals surface area contributed by atoms with E-state index in [1.807, 2.05) is 30.3 Å². The van der Waals surface area contributed by atoms with Crippen LogP contribution in [-0.2, 0) is 28.9 Å². The Labute approximate surface area is 204 Å². The molecule has 2 aliphatic carbocycles. The van der Waals surface area contributed by atoms with Gasteiger partial charge < -0.3 is 10.4 Å². The molecular weight excluding hydrogens is 436 g/mol. The normalized spacial score (nSPS) is 19.6. The molecule has 2 N–H and O–H groups in total. The number of carboxylic acids is 1. The van der Waals surface area contributed by atoms with Crippen LogP contribution in [0.25, 0.3) is 16.7 Å². The summed E-state index contributed by atoms with van der Waals surface area (Å²) in [5, 5.41) is 13.8. The number of aryl methyl sites for hydroxylation is 1. The molecule has 3 aliphatic rings. The predicted octanol–water partition coefficient (Wildman–Crippen LogP) is 5.31. The molecule has 1 heterocycles. The molecule has 6 rings (SSSR count). The Morgan fingerprint density at radius 2 is 1.69 bits per heavy atom. The summed E-state index contributed by atoms with van der Waals surface area (Å²) in [5.74, 6) is -1.52. The zero-order valence-electron chi connectivity index (χ0n) is 19.5. The minimum atomic E-state index is -1.50. The molecule has 1 amide bonds. The van der Waals surface area contributed by atoms with Gasteiger partial charge in [0.25, 0.3) is 5.91 Å². The lowest BCUT2D eigenvalue weighted by atomic mass is 9.67. The summed E-state index contributed by atoms with van der Waals surface area (Å²) in [6, 6.07) is 19.1. The predicted molar refractivity (Wildman–Crippen MR) is 138 cm³/mol. The Bertz CT molecular complexity index is 1450. The highest BCUT2D eigenvalue weighted by Gasteiger charge is 2.50. The molecule has 35 heavy (non-hydrogen) atoms. The van der Waals surface area contributed by atoms with Gasteiger partial charge in [0.2, 0.25) is 0 Å². The lowest BCUT2D eigenvalue weighted by Gasteiger charge is -2.38. The van der Waals surface area contributed by atoms with E-state index >= 15 is 0 Å². The third kappa shape index (κ3) is 3.26. The van der Waals surface area contributed by atoms with Crippen LogP contribution in [0.4, 0.5) is 5.69 Å². The Balaban J connectivity index is 1.49. The summed E-state index contributed by atoms with van der Waals surface area (Å²) >= 11 is 0. The van der Waals surface area contributed by atoms with Gasteiger partial charge in [0.15, 0.2) is 0 Å². The van der Waals surface area contributed by atoms with E-state index in [9.17, 15) is 14.7 Å². The van der Waals surface area contributed by atoms with Gasteiger partial charge >= 0.3 is 5.97 Å². The van der Waals surface area contributed by atoms with Gasteiger partial charge in [-0.1, -0.05) is 60.7 Å². The van der Waals surface area contributed by atoms with Crippen molar-refractivity contribution in [1.82, 2.24) is 0 Å². The molecule has 0 saturated heterocycles. The highest BCUT2D eigenvalue weighted by atomic mass is 16.4. The van der Waals surface area contributed by atoms with E-state index in [4.69, 9.17) is 0 Å². The summed E-state index contributed by atoms with van der Waals surface area (Å²) in [4.78, 5) is 30.3. The number of para-hydroxylation sites is 1. The van der Waals surface area contributed by atoms with Crippen molar-refractivity contribution in [1.29, 1.82) is 0 Å². The maximum Gasteiger partial charge on any atom is 0.316 e. The number of anilines is 1. The molecule has 0 spiro atoms. The number of nitrogens with zero attached hydrogens (tertiary/aromatic N) is 1. The number of allylic oxidation sites excluding steroid dienone is 1. The second-order valence-electron chi connectivity index (χ2n) is 9.70. The van der Waals surface area contributed by atoms with Crippen LogP contribution in [0.5, 0.6) is 0 Å². The van der Waals surface area contributed by atoms with Crippen molar-refractivity contribution in [3.05, 3.63) is 94.6 Å². The highest BCUT2D eigenvalue weighted by Crippen LogP contribution is 2.47. The van der Waals surface area contributed by atoms with E-state index < -0.39 is 23.3 Å². The second-order valence-corrected chi connectivity index (χ2v) is 9.70. The molecule has 0 bridgehead atoms. The number of hydrogen-bond donors (Lipinski definition) is 2. The number of hydrogen-bond acceptors (Lipinski definition) is 3. The van der Waals surface area contributed by atoms with Gasteiger partial charge in [0, 0.05) is 17.5 Å². The van der Waals surface area contributed by atoms with E-state index in [0.29, 0.717) is 11.3 Å². The number of amides is 1. The lowest BCUT2D eigenvalue weighted by molar-refractivity contribution is -0.147. The smallest absolute Gasteiger partial charge is 0.316 e. The lowest BCUT2D eigenvalue weighted by Crippen LogP contribution is -2.49. The fourth-order valence-corrected chi connectivity index (χ4v) is 5.94. The van der Waals surface area contributed by atoms with E-state index in [-0.39, 0.29) is 0 Å². The number of benzodiazepines with no additional fused rings is 1. The molecule has 0 fully saturated rings. The fourth-order valence-electron chi connectivity index (χ4n) is 5.94. The Morgan fingerprint density at radius 3 is 2.54 bits per heavy atom. The SMILES string of the molecule is CC(C(=O)O)(C1=CCCc2c1ccc1c2CCc2ccccc2-1)C1Nc2ccccc2C=NC1=O. The number of carbonyl (C=O) groups is 2. The topological polar surface area (TPSA) is 78.8 Å². The van der Waals surface area contributed by atoms with Crippen LogP contribution in [0, 0.1) is 5.41 Å². The number of aliphatic carboxylic acids is 1. The quantitative estimate of drug-likeness (QED) is 0.553. The summed E-state index contributed by atoms with van der Waals surface area (Å²) in [7, 11) is 0. The Hall–Kier alpha value is -3.99. The Morgan fingerprint density at radius 1 is 0.943 bits per heavy atom. The van der Waals surface area contributed by atoms with Crippen molar-refractivity contribution in [3.8, 4) is 11.1 Å². The van der Waals surface area contributed by atoms with Crippen molar-refractivity contribution >= 4 is 29.4 Å². The number of aliphatic imine (C=N–C) groups is 1. The number of carboxylic acid groups (broad SMARTS) is 1. The first-order chi connectivity index (χ1) is 17.0. The van der Waals surface area contributed by atoms with Crippen LogP contribution >= 0.6 is 0 Å². The number of rotatable bonds is 3. The third-order valence-corrected chi connectivity index (χ3v) is 7.84. The molecular formula is C30H26N2O3. The maximum absolute atomic E-state index is 13.2. The number of benzene rings is 3. The molecule has 2 unspecified atom stereocenters. The third-order valence-electron chi connectivity index (χ3n) is 7.84. The van der Waals surface area contributed by atoms with E-state index in [1.54, 1.807) is 6.92 Å². The van der Waals surface area contributed by atoms with Gasteiger partial charge in [-0.3, -0.25) is 9.59 Å². The average Bonchev–Trinajstić information content (AvgIpc) is 3.06. The molecule has 0 radical (unpaired) electrons. The molecule has 0 aromatic heterocycles. The maximum atomic E-state index is 13.2. The zero-order valence-corrected chi connectivity index (χ0v) is 19.5. The van der Waals surface area contributed by atoms with Crippen LogP contribution in [0.15, 0.2) is 71.7 Å². The minimum absolute atomic E-state index is 0.481. The van der Waals surface area contributed by atoms with Crippen molar-refractivity contribution in [2.45, 2.75) is 38.6 Å². The molecule has 3 aromatic rings. The largest absolute Gasteiger partial charge is 0.481 e. The van der Waals surface area contributed by atoms with Crippen LogP contribution in [0.2, 0.25) is 0 Å². The fraction of sp³-hybridized carbons (Fsp3) is 0.233. The first kappa shape index (κ1) is 21.5. The van der Waals surface area contributed by atoms with Gasteiger partial charge in [-0.05, 0) is 77.6 Å². The molecule has 5 heteroatoms. The molecule has 1 aliphatic heterocycles. The van der Waals surface area contributed by atoms with Crippen LogP contribution < -0.4 is 5.32 Å². The molecule has 3 aromatic carbocycles. The van der Waals surface area contributed by atoms with Crippen LogP contribution in [-0.4, -0.2) is 29.2 Å². The van der Waals surface area contributed by atoms with Gasteiger partial charge in [0.05, 0.1) is 0 Å². The highest BCUT2D eigenvalue weighted by molar-refractivity contribution is 6.07. The number of nitrogens with one attached hydrogen (secondary N) is 1. The van der Waals surface area contributed by atoms with Crippen molar-refractivity contribution in [2.75, 3.05) is 5.32 Å². The van der Waals surface area contributed by atoms with Gasteiger partial charge in [0.1, 0.15) is 11.5 Å². The minimum Gasteiger partial charge on any atom is -0.481 e. The second kappa shape index (κ2) is 8.05. The summed E-state index contributed by atoms with van der Waals surface area (Å²) < 4.78 is 0. The Kier molecular flexibility index (Phi) is 4.95. The number of fused-ring (bicyclic) bond motifs is 6. The van der Waals surface area contributed by atoms with Crippen molar-refractivity contribution in [2.24, 2.45) is 10.4 Å². The van der Waals surface area contributed by atoms with E-state index in [0.717, 1.165) is 36.8 Å². The summed E-state index contributed by atoms with van der Waals surface area (Å²) in [5.41, 5.74) is 7.98. The van der Waals surface area contributed by atoms with Crippen molar-refractivity contribution in [3.63, 3.8) is 0 Å². The molecule has 2 atom stereocenters. The standard InChI is InChI=1S/C30H26N2O3/c1-30(29(34)35,27-28(33)31-17-19-8-3-5-12-26(19)32-27)25-11-6-10-21-23-14-13-18-7-2-4-9-20(18)22(23)15-16-24(21)25/h2-5,7-9,11-12,15-17,27,32H,6,10,13-14H2,1H3,(H,34,35). The van der Waals surface area contributed by atoms with Gasteiger partial charge in [-0.15, -0.1) is 0 Å². The summed E-state index contributed by atoms with van der Waals surface area (Å²) in [6.45, 7) is 1.66. The van der Waals surface area contributed by atoms with Gasteiger partial charge in [-0.25, -0.2) is 4.99 Å².